The molecule has 50 heavy (non-hydrogen) atoms. The van der Waals surface area contributed by atoms with Crippen LogP contribution in [0.3, 0.4) is 0 Å². The number of hydrogen-bond donors (Lipinski definition) is 2. The van der Waals surface area contributed by atoms with Gasteiger partial charge in [-0.3, -0.25) is 10.2 Å². The first kappa shape index (κ1) is 36.3. The number of thiophene rings is 1. The van der Waals surface area contributed by atoms with E-state index in [4.69, 9.17) is 23.2 Å². The maximum absolute atomic E-state index is 14.0. The Hall–Kier alpha value is -3.49. The molecule has 264 valence electrons. The zero-order valence-corrected chi connectivity index (χ0v) is 29.4. The van der Waals surface area contributed by atoms with Crippen LogP contribution >= 0.6 is 34.5 Å². The highest BCUT2D eigenvalue weighted by atomic mass is 35.5. The van der Waals surface area contributed by atoms with Crippen molar-refractivity contribution < 1.29 is 30.8 Å². The molecule has 6 rings (SSSR count). The second kappa shape index (κ2) is 15.0. The summed E-state index contributed by atoms with van der Waals surface area (Å²) in [5.74, 6) is 5.27. The van der Waals surface area contributed by atoms with Gasteiger partial charge in [-0.25, -0.2) is 14.1 Å². The summed E-state index contributed by atoms with van der Waals surface area (Å²) in [6, 6.07) is 12.6. The molecule has 4 heterocycles. The molecule has 2 aliphatic heterocycles. The van der Waals surface area contributed by atoms with E-state index in [9.17, 15) is 30.8 Å². The topological polar surface area (TPSA) is 99.6 Å². The van der Waals surface area contributed by atoms with E-state index in [1.807, 2.05) is 0 Å². The van der Waals surface area contributed by atoms with E-state index in [1.54, 1.807) is 29.3 Å². The van der Waals surface area contributed by atoms with Crippen LogP contribution in [0, 0.1) is 11.8 Å². The third-order valence-corrected chi connectivity index (χ3v) is 11.3. The molecule has 17 heteroatoms. The van der Waals surface area contributed by atoms with E-state index in [-0.39, 0.29) is 42.3 Å². The molecule has 2 fully saturated rings. The third kappa shape index (κ3) is 8.34. The van der Waals surface area contributed by atoms with Gasteiger partial charge in [0, 0.05) is 48.9 Å². The van der Waals surface area contributed by atoms with E-state index < -0.39 is 34.0 Å². The second-order valence-corrected chi connectivity index (χ2v) is 15.4. The Morgan fingerprint density at radius 3 is 2.40 bits per heavy atom. The zero-order valence-electron chi connectivity index (χ0n) is 26.2. The molecule has 2 aromatic carbocycles. The predicted octanol–water partition coefficient (Wildman–Crippen LogP) is 6.84. The maximum atomic E-state index is 14.0. The number of benzene rings is 2. The summed E-state index contributed by atoms with van der Waals surface area (Å²) >= 11 is 14.0. The van der Waals surface area contributed by atoms with Crippen molar-refractivity contribution >= 4 is 50.7 Å². The Kier molecular flexibility index (Phi) is 10.9. The first-order valence-corrected chi connectivity index (χ1v) is 18.6. The summed E-state index contributed by atoms with van der Waals surface area (Å²) < 4.78 is 84.5. The van der Waals surface area contributed by atoms with Crippen molar-refractivity contribution in [2.75, 3.05) is 26.2 Å². The highest BCUT2D eigenvalue weighted by Crippen LogP contribution is 2.37. The van der Waals surface area contributed by atoms with Gasteiger partial charge in [0.2, 0.25) is 0 Å². The van der Waals surface area contributed by atoms with Crippen molar-refractivity contribution in [3.63, 3.8) is 0 Å². The van der Waals surface area contributed by atoms with Crippen molar-refractivity contribution in [1.29, 1.82) is 0 Å². The second-order valence-electron chi connectivity index (χ2n) is 11.7. The van der Waals surface area contributed by atoms with Crippen molar-refractivity contribution in [3.8, 4) is 28.1 Å². The molecule has 0 saturated carbocycles. The molecule has 0 bridgehead atoms. The van der Waals surface area contributed by atoms with Gasteiger partial charge in [0.05, 0.1) is 31.7 Å². The average Bonchev–Trinajstić information content (AvgIpc) is 3.82. The number of aromatic nitrogens is 2. The Labute approximate surface area is 300 Å². The first-order valence-electron chi connectivity index (χ1n) is 15.6. The van der Waals surface area contributed by atoms with Gasteiger partial charge in [0.15, 0.2) is 5.69 Å². The van der Waals surface area contributed by atoms with Crippen LogP contribution in [0.1, 0.15) is 57.7 Å². The van der Waals surface area contributed by atoms with Gasteiger partial charge in [0.1, 0.15) is 6.17 Å². The van der Waals surface area contributed by atoms with Crippen molar-refractivity contribution in [3.05, 3.63) is 91.9 Å². The molecule has 4 aromatic rings. The summed E-state index contributed by atoms with van der Waals surface area (Å²) in [6.45, 7) is 0.627. The van der Waals surface area contributed by atoms with Crippen LogP contribution in [0.4, 0.5) is 17.6 Å². The molecular weight excluding hydrogens is 739 g/mol. The number of alkyl halides is 4. The molecule has 0 aliphatic carbocycles. The van der Waals surface area contributed by atoms with Gasteiger partial charge in [-0.2, -0.15) is 35.7 Å². The highest BCUT2D eigenvalue weighted by molar-refractivity contribution is 7.87. The summed E-state index contributed by atoms with van der Waals surface area (Å²) in [4.78, 5) is 14.9. The number of carbonyl (C=O) groups is 1. The Morgan fingerprint density at radius 2 is 1.74 bits per heavy atom. The number of amides is 1. The van der Waals surface area contributed by atoms with Gasteiger partial charge in [-0.15, -0.1) is 11.3 Å². The number of rotatable bonds is 8. The SMILES string of the molecule is O=C(NN1CCCCC1)c1nn(-c2ccc(Cl)cc2Cl)c(-c2ccc(C#Cc3ccc(C(F)(F)F)cc3)s2)c1CNS(=O)(=O)N1CCC(F)C1. The molecule has 0 spiro atoms. The summed E-state index contributed by atoms with van der Waals surface area (Å²) in [5.41, 5.74) is 3.36. The Balaban J connectivity index is 1.43. The number of carbonyl (C=O) groups excluding carboxylic acids is 1. The van der Waals surface area contributed by atoms with Crippen molar-refractivity contribution in [1.82, 2.24) is 29.2 Å². The lowest BCUT2D eigenvalue weighted by molar-refractivity contribution is -0.137. The minimum absolute atomic E-state index is 0.0111. The minimum Gasteiger partial charge on any atom is -0.283 e. The summed E-state index contributed by atoms with van der Waals surface area (Å²) in [7, 11) is -4.14. The third-order valence-electron chi connectivity index (χ3n) is 8.20. The lowest BCUT2D eigenvalue weighted by Crippen LogP contribution is -2.45. The highest BCUT2D eigenvalue weighted by Gasteiger charge is 2.34. The van der Waals surface area contributed by atoms with E-state index in [0.29, 0.717) is 44.8 Å². The molecule has 0 radical (unpaired) electrons. The standard InChI is InChI=1S/C33H30Cl2F4N6O3S2/c34-23-9-12-28(27(35)18-23)45-31(29-13-11-25(49-29)10-6-21-4-7-22(8-5-21)33(37,38)39)26(19-40-50(47,48)44-17-14-24(36)20-44)30(41-45)32(46)42-43-15-2-1-3-16-43/h4-5,7-9,11-13,18,24,40H,1-3,14-17,19-20H2,(H,42,46). The van der Waals surface area contributed by atoms with Crippen LogP contribution in [0.25, 0.3) is 16.3 Å². The molecule has 2 aromatic heterocycles. The number of hydrogen-bond acceptors (Lipinski definition) is 6. The van der Waals surface area contributed by atoms with Gasteiger partial charge in [-0.05, 0) is 73.9 Å². The molecule has 2 saturated heterocycles. The zero-order chi connectivity index (χ0) is 35.6. The lowest BCUT2D eigenvalue weighted by atomic mass is 10.1. The van der Waals surface area contributed by atoms with Crippen LogP contribution in [0.5, 0.6) is 0 Å². The monoisotopic (exact) mass is 768 g/mol. The van der Waals surface area contributed by atoms with E-state index in [2.05, 4.69) is 27.1 Å². The summed E-state index contributed by atoms with van der Waals surface area (Å²) in [5, 5.41) is 7.03. The first-order chi connectivity index (χ1) is 23.8. The molecule has 1 unspecified atom stereocenters. The smallest absolute Gasteiger partial charge is 0.283 e. The normalized spacial score (nSPS) is 17.4. The quantitative estimate of drug-likeness (QED) is 0.151. The van der Waals surface area contributed by atoms with Crippen LogP contribution in [0.15, 0.2) is 54.6 Å². The average molecular weight is 770 g/mol. The fourth-order valence-corrected chi connectivity index (χ4v) is 8.27. The largest absolute Gasteiger partial charge is 0.416 e. The lowest BCUT2D eigenvalue weighted by Gasteiger charge is -2.26. The molecular formula is C33H30Cl2F4N6O3S2. The number of nitrogens with zero attached hydrogens (tertiary/aromatic N) is 4. The van der Waals surface area contributed by atoms with Crippen LogP contribution in [0.2, 0.25) is 10.0 Å². The van der Waals surface area contributed by atoms with E-state index >= 15 is 0 Å². The molecule has 2 N–H and O–H groups in total. The van der Waals surface area contributed by atoms with Crippen LogP contribution < -0.4 is 10.1 Å². The fourth-order valence-electron chi connectivity index (χ4n) is 5.65. The van der Waals surface area contributed by atoms with Crippen LogP contribution in [-0.2, 0) is 22.9 Å². The van der Waals surface area contributed by atoms with E-state index in [0.717, 1.165) is 35.7 Å². The minimum atomic E-state index is -4.47. The molecule has 1 amide bonds. The predicted molar refractivity (Wildman–Crippen MR) is 184 cm³/mol. The van der Waals surface area contributed by atoms with E-state index in [1.165, 1.54) is 34.2 Å². The maximum Gasteiger partial charge on any atom is 0.416 e. The fraction of sp³-hybridized carbons (Fsp3) is 0.333. The number of nitrogens with one attached hydrogen (secondary N) is 2. The van der Waals surface area contributed by atoms with Gasteiger partial charge < -0.3 is 0 Å². The number of piperidine rings is 1. The van der Waals surface area contributed by atoms with Gasteiger partial charge in [0.25, 0.3) is 16.1 Å². The van der Waals surface area contributed by atoms with Crippen LogP contribution in [-0.4, -0.2) is 65.8 Å². The number of halogens is 6. The Morgan fingerprint density at radius 1 is 1.00 bits per heavy atom. The molecule has 9 nitrogen and oxygen atoms in total. The number of hydrazine groups is 1. The summed E-state index contributed by atoms with van der Waals surface area (Å²) in [6.07, 6.45) is -2.85. The van der Waals surface area contributed by atoms with Gasteiger partial charge >= 0.3 is 6.18 Å². The van der Waals surface area contributed by atoms with Gasteiger partial charge in [-0.1, -0.05) is 41.5 Å². The van der Waals surface area contributed by atoms with Crippen molar-refractivity contribution in [2.45, 2.75) is 44.6 Å². The Bertz CT molecular complexity index is 2050. The molecule has 2 aliphatic rings. The molecule has 1 atom stereocenters. The van der Waals surface area contributed by atoms with Crippen molar-refractivity contribution in [2.24, 2.45) is 0 Å².